The number of aromatic nitrogens is 1. The average molecular weight is 329 g/mol. The normalized spacial score (nSPS) is 25.9. The molecule has 2 aliphatic rings. The SMILES string of the molecule is Cc1cc(C(=O)N2CCC(N3CC(F)(F)C[C@H]3CO)CC2)no1. The minimum atomic E-state index is -2.74. The average Bonchev–Trinajstić information content (AvgIpc) is 3.09. The number of alkyl halides is 2. The lowest BCUT2D eigenvalue weighted by Crippen LogP contribution is -2.49. The van der Waals surface area contributed by atoms with Crippen molar-refractivity contribution in [1.82, 2.24) is 15.0 Å². The number of likely N-dealkylation sites (tertiary alicyclic amines) is 2. The minimum Gasteiger partial charge on any atom is -0.395 e. The van der Waals surface area contributed by atoms with Gasteiger partial charge in [-0.15, -0.1) is 0 Å². The molecule has 1 atom stereocenters. The first-order valence-corrected chi connectivity index (χ1v) is 7.86. The van der Waals surface area contributed by atoms with Crippen molar-refractivity contribution >= 4 is 5.91 Å². The molecule has 23 heavy (non-hydrogen) atoms. The number of nitrogens with zero attached hydrogens (tertiary/aromatic N) is 3. The van der Waals surface area contributed by atoms with Gasteiger partial charge in [0.2, 0.25) is 0 Å². The maximum Gasteiger partial charge on any atom is 0.276 e. The Morgan fingerprint density at radius 3 is 2.74 bits per heavy atom. The van der Waals surface area contributed by atoms with Gasteiger partial charge >= 0.3 is 0 Å². The van der Waals surface area contributed by atoms with Gasteiger partial charge in [0.15, 0.2) is 5.69 Å². The molecule has 128 valence electrons. The molecule has 0 aromatic carbocycles. The zero-order valence-corrected chi connectivity index (χ0v) is 13.0. The molecule has 8 heteroatoms. The monoisotopic (exact) mass is 329 g/mol. The van der Waals surface area contributed by atoms with Crippen molar-refractivity contribution in [2.45, 2.75) is 44.2 Å². The Morgan fingerprint density at radius 2 is 2.17 bits per heavy atom. The van der Waals surface area contributed by atoms with Gasteiger partial charge in [0.1, 0.15) is 5.76 Å². The molecule has 0 unspecified atom stereocenters. The summed E-state index contributed by atoms with van der Waals surface area (Å²) >= 11 is 0. The lowest BCUT2D eigenvalue weighted by Gasteiger charge is -2.38. The second kappa shape index (κ2) is 6.16. The van der Waals surface area contributed by atoms with E-state index >= 15 is 0 Å². The fourth-order valence-corrected chi connectivity index (χ4v) is 3.55. The fourth-order valence-electron chi connectivity index (χ4n) is 3.55. The van der Waals surface area contributed by atoms with E-state index in [2.05, 4.69) is 5.16 Å². The van der Waals surface area contributed by atoms with Crippen LogP contribution in [0, 0.1) is 6.92 Å². The van der Waals surface area contributed by atoms with E-state index in [-0.39, 0.29) is 37.2 Å². The van der Waals surface area contributed by atoms with Gasteiger partial charge in [0.05, 0.1) is 13.2 Å². The Hall–Kier alpha value is -1.54. The summed E-state index contributed by atoms with van der Waals surface area (Å²) in [6, 6.07) is 1.08. The van der Waals surface area contributed by atoms with Crippen LogP contribution in [0.2, 0.25) is 0 Å². The Bertz CT molecular complexity index is 570. The Kier molecular flexibility index (Phi) is 4.37. The van der Waals surface area contributed by atoms with E-state index in [0.717, 1.165) is 0 Å². The number of carbonyl (C=O) groups is 1. The van der Waals surface area contributed by atoms with E-state index in [4.69, 9.17) is 4.52 Å². The molecule has 3 heterocycles. The van der Waals surface area contributed by atoms with Gasteiger partial charge in [0.25, 0.3) is 11.8 Å². The second-order valence-electron chi connectivity index (χ2n) is 6.41. The summed E-state index contributed by atoms with van der Waals surface area (Å²) in [5.74, 6) is -2.35. The van der Waals surface area contributed by atoms with Gasteiger partial charge in [-0.25, -0.2) is 8.78 Å². The van der Waals surface area contributed by atoms with Crippen LogP contribution in [0.3, 0.4) is 0 Å². The molecule has 2 fully saturated rings. The summed E-state index contributed by atoms with van der Waals surface area (Å²) < 4.78 is 32.1. The molecule has 2 aliphatic heterocycles. The van der Waals surface area contributed by atoms with Crippen LogP contribution >= 0.6 is 0 Å². The Balaban J connectivity index is 1.59. The zero-order valence-electron chi connectivity index (χ0n) is 13.0. The van der Waals surface area contributed by atoms with Crippen molar-refractivity contribution < 1.29 is 23.2 Å². The topological polar surface area (TPSA) is 69.8 Å². The van der Waals surface area contributed by atoms with Crippen molar-refractivity contribution in [3.8, 4) is 0 Å². The molecule has 1 N–H and O–H groups in total. The zero-order chi connectivity index (χ0) is 16.6. The number of amides is 1. The highest BCUT2D eigenvalue weighted by molar-refractivity contribution is 5.92. The first kappa shape index (κ1) is 16.3. The lowest BCUT2D eigenvalue weighted by atomic mass is 10.0. The third-order valence-corrected chi connectivity index (χ3v) is 4.70. The number of hydrogen-bond acceptors (Lipinski definition) is 5. The van der Waals surface area contributed by atoms with Crippen LogP contribution in [-0.2, 0) is 0 Å². The van der Waals surface area contributed by atoms with E-state index in [9.17, 15) is 18.7 Å². The number of aliphatic hydroxyl groups is 1. The van der Waals surface area contributed by atoms with Crippen molar-refractivity contribution in [3.63, 3.8) is 0 Å². The molecule has 0 bridgehead atoms. The summed E-state index contributed by atoms with van der Waals surface area (Å²) in [5.41, 5.74) is 0.280. The lowest BCUT2D eigenvalue weighted by molar-refractivity contribution is 0.00292. The van der Waals surface area contributed by atoms with Crippen LogP contribution in [0.15, 0.2) is 10.6 Å². The van der Waals surface area contributed by atoms with Crippen molar-refractivity contribution in [3.05, 3.63) is 17.5 Å². The Morgan fingerprint density at radius 1 is 1.48 bits per heavy atom. The minimum absolute atomic E-state index is 0.0244. The number of aryl methyl sites for hydroxylation is 1. The third kappa shape index (κ3) is 3.37. The summed E-state index contributed by atoms with van der Waals surface area (Å²) in [6.07, 6.45) is 0.950. The molecule has 0 saturated carbocycles. The molecular weight excluding hydrogens is 308 g/mol. The van der Waals surface area contributed by atoms with E-state index in [1.165, 1.54) is 0 Å². The Labute approximate surface area is 133 Å². The van der Waals surface area contributed by atoms with Crippen LogP contribution in [0.25, 0.3) is 0 Å². The number of halogens is 2. The predicted molar refractivity (Wildman–Crippen MR) is 77.3 cm³/mol. The van der Waals surface area contributed by atoms with Gasteiger partial charge in [-0.05, 0) is 19.8 Å². The van der Waals surface area contributed by atoms with Crippen LogP contribution < -0.4 is 0 Å². The first-order valence-electron chi connectivity index (χ1n) is 7.86. The van der Waals surface area contributed by atoms with Gasteiger partial charge in [-0.2, -0.15) is 0 Å². The summed E-state index contributed by atoms with van der Waals surface area (Å²) in [4.78, 5) is 15.7. The number of hydrogen-bond donors (Lipinski definition) is 1. The fraction of sp³-hybridized carbons (Fsp3) is 0.733. The van der Waals surface area contributed by atoms with E-state index in [1.54, 1.807) is 22.8 Å². The molecule has 0 radical (unpaired) electrons. The highest BCUT2D eigenvalue weighted by atomic mass is 19.3. The third-order valence-electron chi connectivity index (χ3n) is 4.70. The number of piperidine rings is 1. The van der Waals surface area contributed by atoms with Crippen LogP contribution in [-0.4, -0.2) is 70.2 Å². The van der Waals surface area contributed by atoms with Crippen LogP contribution in [0.1, 0.15) is 35.5 Å². The molecular formula is C15H21F2N3O3. The highest BCUT2D eigenvalue weighted by Crippen LogP contribution is 2.35. The molecule has 3 rings (SSSR count). The standard InChI is InChI=1S/C15H21F2N3O3/c1-10-6-13(18-23-10)14(22)19-4-2-11(3-5-19)20-9-15(16,17)7-12(20)8-21/h6,11-12,21H,2-5,7-9H2,1H3/t12-/m0/s1. The smallest absolute Gasteiger partial charge is 0.276 e. The molecule has 6 nitrogen and oxygen atoms in total. The number of carbonyl (C=O) groups excluding carboxylic acids is 1. The summed E-state index contributed by atoms with van der Waals surface area (Å²) in [6.45, 7) is 2.15. The van der Waals surface area contributed by atoms with Crippen molar-refractivity contribution in [2.75, 3.05) is 26.2 Å². The largest absolute Gasteiger partial charge is 0.395 e. The molecule has 2 saturated heterocycles. The highest BCUT2D eigenvalue weighted by Gasteiger charge is 2.47. The summed E-state index contributed by atoms with van der Waals surface area (Å²) in [5, 5.41) is 13.1. The van der Waals surface area contributed by atoms with Gasteiger partial charge in [-0.1, -0.05) is 5.16 Å². The van der Waals surface area contributed by atoms with Crippen molar-refractivity contribution in [1.29, 1.82) is 0 Å². The quantitative estimate of drug-likeness (QED) is 0.905. The number of aliphatic hydroxyl groups excluding tert-OH is 1. The van der Waals surface area contributed by atoms with Gasteiger partial charge in [0, 0.05) is 37.7 Å². The van der Waals surface area contributed by atoms with Gasteiger partial charge in [-0.3, -0.25) is 9.69 Å². The second-order valence-corrected chi connectivity index (χ2v) is 6.41. The van der Waals surface area contributed by atoms with E-state index < -0.39 is 12.0 Å². The van der Waals surface area contributed by atoms with Crippen molar-refractivity contribution in [2.24, 2.45) is 0 Å². The molecule has 0 aliphatic carbocycles. The first-order chi connectivity index (χ1) is 10.9. The van der Waals surface area contributed by atoms with Crippen LogP contribution in [0.5, 0.6) is 0 Å². The van der Waals surface area contributed by atoms with Crippen LogP contribution in [0.4, 0.5) is 8.78 Å². The maximum atomic E-state index is 13.6. The summed E-state index contributed by atoms with van der Waals surface area (Å²) in [7, 11) is 0. The predicted octanol–water partition coefficient (Wildman–Crippen LogP) is 1.29. The molecule has 0 spiro atoms. The number of rotatable bonds is 3. The van der Waals surface area contributed by atoms with Gasteiger partial charge < -0.3 is 14.5 Å². The maximum absolute atomic E-state index is 13.6. The van der Waals surface area contributed by atoms with E-state index in [1.807, 2.05) is 0 Å². The molecule has 1 amide bonds. The van der Waals surface area contributed by atoms with E-state index in [0.29, 0.717) is 31.7 Å². The molecule has 1 aromatic heterocycles. The molecule has 1 aromatic rings.